The van der Waals surface area contributed by atoms with Gasteiger partial charge in [0.15, 0.2) is 8.32 Å². The zero-order valence-electron chi connectivity index (χ0n) is 15.1. The molecule has 8 heteroatoms. The van der Waals surface area contributed by atoms with Crippen LogP contribution in [0, 0.1) is 0 Å². The number of rotatable bonds is 5. The molecule has 0 unspecified atom stereocenters. The lowest BCUT2D eigenvalue weighted by atomic mass is 9.77. The number of azide groups is 1. The minimum atomic E-state index is -1.90. The van der Waals surface area contributed by atoms with Crippen LogP contribution in [-0.4, -0.2) is 40.8 Å². The van der Waals surface area contributed by atoms with Crippen molar-refractivity contribution >= 4 is 20.9 Å². The molecular weight excluding hydrogens is 321 g/mol. The van der Waals surface area contributed by atoms with Gasteiger partial charge in [-0.1, -0.05) is 56.2 Å². The fourth-order valence-electron chi connectivity index (χ4n) is 2.20. The second kappa shape index (κ2) is 7.72. The molecule has 1 heterocycles. The van der Waals surface area contributed by atoms with Gasteiger partial charge in [0.05, 0.1) is 18.8 Å². The van der Waals surface area contributed by atoms with Crippen LogP contribution in [0.4, 0.5) is 0 Å². The molecular formula is C16H26BN3O3Si. The third-order valence-electron chi connectivity index (χ3n) is 4.83. The number of hydrogen-bond donors (Lipinski definition) is 0. The first-order chi connectivity index (χ1) is 11.2. The van der Waals surface area contributed by atoms with Crippen molar-refractivity contribution in [1.29, 1.82) is 0 Å². The first-order valence-corrected chi connectivity index (χ1v) is 11.2. The van der Waals surface area contributed by atoms with Gasteiger partial charge in [-0.15, -0.1) is 0 Å². The van der Waals surface area contributed by atoms with E-state index in [9.17, 15) is 0 Å². The fraction of sp³-hybridized carbons (Fsp3) is 0.625. The summed E-state index contributed by atoms with van der Waals surface area (Å²) in [5.41, 5.74) is 9.74. The van der Waals surface area contributed by atoms with E-state index in [1.165, 1.54) is 0 Å². The topological polar surface area (TPSA) is 76.5 Å². The Balaban J connectivity index is 2.09. The van der Waals surface area contributed by atoms with E-state index >= 15 is 0 Å². The molecule has 130 valence electrons. The molecule has 0 saturated carbocycles. The molecule has 6 nitrogen and oxygen atoms in total. The van der Waals surface area contributed by atoms with Crippen LogP contribution in [0.15, 0.2) is 35.4 Å². The van der Waals surface area contributed by atoms with Crippen LogP contribution in [0.2, 0.25) is 18.1 Å². The maximum Gasteiger partial charge on any atom is 0.494 e. The van der Waals surface area contributed by atoms with Gasteiger partial charge < -0.3 is 13.7 Å². The SMILES string of the molecule is CC(C)(C)[Si](C)(C)OC[C@H]1OB(c2ccccc2)OC[C@@H]1N=[N+]=[N-]. The van der Waals surface area contributed by atoms with Gasteiger partial charge in [0, 0.05) is 11.5 Å². The second-order valence-electron chi connectivity index (χ2n) is 7.59. The average Bonchev–Trinajstić information content (AvgIpc) is 2.54. The molecule has 2 rings (SSSR count). The van der Waals surface area contributed by atoms with Crippen molar-refractivity contribution in [3.05, 3.63) is 40.8 Å². The third kappa shape index (κ3) is 4.62. The van der Waals surface area contributed by atoms with Crippen molar-refractivity contribution < 1.29 is 13.7 Å². The van der Waals surface area contributed by atoms with Crippen LogP contribution < -0.4 is 5.46 Å². The smallest absolute Gasteiger partial charge is 0.414 e. The summed E-state index contributed by atoms with van der Waals surface area (Å²) in [5, 5.41) is 3.94. The zero-order chi connectivity index (χ0) is 17.8. The Kier molecular flexibility index (Phi) is 6.12. The minimum Gasteiger partial charge on any atom is -0.414 e. The summed E-state index contributed by atoms with van der Waals surface area (Å²) in [6.07, 6.45) is -0.311. The molecule has 1 aliphatic heterocycles. The molecule has 1 aliphatic rings. The molecule has 24 heavy (non-hydrogen) atoms. The summed E-state index contributed by atoms with van der Waals surface area (Å²) in [6, 6.07) is 9.40. The van der Waals surface area contributed by atoms with Gasteiger partial charge in [0.1, 0.15) is 0 Å². The minimum absolute atomic E-state index is 0.116. The predicted molar refractivity (Wildman–Crippen MR) is 98.7 cm³/mol. The van der Waals surface area contributed by atoms with Crippen LogP contribution in [0.25, 0.3) is 10.4 Å². The van der Waals surface area contributed by atoms with Crippen LogP contribution >= 0.6 is 0 Å². The molecule has 1 aromatic rings. The van der Waals surface area contributed by atoms with E-state index in [0.717, 1.165) is 5.46 Å². The Hall–Kier alpha value is -1.31. The highest BCUT2D eigenvalue weighted by molar-refractivity contribution is 6.74. The number of hydrogen-bond acceptors (Lipinski definition) is 4. The van der Waals surface area contributed by atoms with Crippen molar-refractivity contribution in [2.45, 2.75) is 51.0 Å². The second-order valence-corrected chi connectivity index (χ2v) is 12.4. The van der Waals surface area contributed by atoms with Gasteiger partial charge >= 0.3 is 7.12 Å². The lowest BCUT2D eigenvalue weighted by Crippen LogP contribution is -2.54. The summed E-state index contributed by atoms with van der Waals surface area (Å²) in [6.45, 7) is 11.7. The molecule has 1 fully saturated rings. The molecule has 0 spiro atoms. The summed E-state index contributed by atoms with van der Waals surface area (Å²) < 4.78 is 18.1. The van der Waals surface area contributed by atoms with Crippen molar-refractivity contribution in [2.24, 2.45) is 5.11 Å². The summed E-state index contributed by atoms with van der Waals surface area (Å²) in [5.74, 6) is 0. The highest BCUT2D eigenvalue weighted by Gasteiger charge is 2.41. The summed E-state index contributed by atoms with van der Waals surface area (Å²) in [7, 11) is -2.35. The Morgan fingerprint density at radius 1 is 1.33 bits per heavy atom. The van der Waals surface area contributed by atoms with Crippen molar-refractivity contribution in [1.82, 2.24) is 0 Å². The van der Waals surface area contributed by atoms with Crippen LogP contribution in [-0.2, 0) is 13.7 Å². The van der Waals surface area contributed by atoms with E-state index in [4.69, 9.17) is 19.3 Å². The van der Waals surface area contributed by atoms with Gasteiger partial charge in [0.25, 0.3) is 0 Å². The first-order valence-electron chi connectivity index (χ1n) is 8.25. The predicted octanol–water partition coefficient (Wildman–Crippen LogP) is 3.50. The number of benzene rings is 1. The monoisotopic (exact) mass is 347 g/mol. The van der Waals surface area contributed by atoms with Crippen molar-refractivity contribution in [3.8, 4) is 0 Å². The fourth-order valence-corrected chi connectivity index (χ4v) is 3.21. The van der Waals surface area contributed by atoms with Gasteiger partial charge in [-0.25, -0.2) is 0 Å². The van der Waals surface area contributed by atoms with E-state index < -0.39 is 15.4 Å². The molecule has 0 aromatic heterocycles. The Labute approximate surface area is 145 Å². The quantitative estimate of drug-likeness (QED) is 0.354. The third-order valence-corrected chi connectivity index (χ3v) is 9.33. The number of nitrogens with zero attached hydrogens (tertiary/aromatic N) is 3. The first kappa shape index (κ1) is 19.0. The van der Waals surface area contributed by atoms with Gasteiger partial charge in [-0.05, 0) is 29.1 Å². The molecule has 1 saturated heterocycles. The van der Waals surface area contributed by atoms with Crippen LogP contribution in [0.5, 0.6) is 0 Å². The lowest BCUT2D eigenvalue weighted by molar-refractivity contribution is 0.0217. The molecule has 0 radical (unpaired) electrons. The van der Waals surface area contributed by atoms with E-state index in [2.05, 4.69) is 43.9 Å². The van der Waals surface area contributed by atoms with E-state index in [1.807, 2.05) is 30.3 Å². The van der Waals surface area contributed by atoms with Crippen molar-refractivity contribution in [2.75, 3.05) is 13.2 Å². The van der Waals surface area contributed by atoms with Crippen LogP contribution in [0.1, 0.15) is 20.8 Å². The normalized spacial score (nSPS) is 22.1. The highest BCUT2D eigenvalue weighted by atomic mass is 28.4. The molecule has 1 aromatic carbocycles. The molecule has 0 N–H and O–H groups in total. The van der Waals surface area contributed by atoms with E-state index in [0.29, 0.717) is 13.2 Å². The molecule has 0 amide bonds. The molecule has 2 atom stereocenters. The Morgan fingerprint density at radius 3 is 2.58 bits per heavy atom. The Morgan fingerprint density at radius 2 is 2.00 bits per heavy atom. The van der Waals surface area contributed by atoms with E-state index in [-0.39, 0.29) is 17.2 Å². The van der Waals surface area contributed by atoms with E-state index in [1.54, 1.807) is 0 Å². The van der Waals surface area contributed by atoms with Gasteiger partial charge in [-0.2, -0.15) is 0 Å². The van der Waals surface area contributed by atoms with Gasteiger partial charge in [0.2, 0.25) is 0 Å². The lowest BCUT2D eigenvalue weighted by Gasteiger charge is -2.39. The standard InChI is InChI=1S/C16H26BN3O3Si/c1-16(2,3)24(4,5)22-12-15-14(19-20-18)11-21-17(23-15)13-9-7-6-8-10-13/h6-10,14-15H,11-12H2,1-5H3/t14-,15+/m0/s1. The maximum atomic E-state index is 8.79. The zero-order valence-corrected chi connectivity index (χ0v) is 16.1. The summed E-state index contributed by atoms with van der Waals surface area (Å²) in [4.78, 5) is 2.92. The van der Waals surface area contributed by atoms with Crippen molar-refractivity contribution in [3.63, 3.8) is 0 Å². The largest absolute Gasteiger partial charge is 0.494 e. The Bertz CT molecular complexity index is 588. The average molecular weight is 347 g/mol. The molecule has 0 bridgehead atoms. The van der Waals surface area contributed by atoms with Crippen LogP contribution in [0.3, 0.4) is 0 Å². The van der Waals surface area contributed by atoms with Gasteiger partial charge in [-0.3, -0.25) is 0 Å². The maximum absolute atomic E-state index is 8.79. The highest BCUT2D eigenvalue weighted by Crippen LogP contribution is 2.36. The summed E-state index contributed by atoms with van der Waals surface area (Å²) >= 11 is 0. The molecule has 0 aliphatic carbocycles.